The number of nitrogens with one attached hydrogen (secondary N) is 1. The smallest absolute Gasteiger partial charge is 0.373 e. The lowest BCUT2D eigenvalue weighted by Crippen LogP contribution is -2.52. The fourth-order valence-corrected chi connectivity index (χ4v) is 4.24. The first-order chi connectivity index (χ1) is 12.4. The number of thiophene rings is 1. The van der Waals surface area contributed by atoms with E-state index in [0.717, 1.165) is 17.4 Å². The second-order valence-corrected chi connectivity index (χ2v) is 8.68. The SMILES string of the molecule is C[C@](O)(C(=O)Nc1cccc(S(=O)(=O)Cc2ccsc2C=O)c1)C(F)(F)F. The van der Waals surface area contributed by atoms with Crippen molar-refractivity contribution in [3.63, 3.8) is 0 Å². The van der Waals surface area contributed by atoms with Gasteiger partial charge in [0.25, 0.3) is 5.91 Å². The monoisotopic (exact) mass is 421 g/mol. The first kappa shape index (κ1) is 21.1. The highest BCUT2D eigenvalue weighted by Gasteiger charge is 2.55. The summed E-state index contributed by atoms with van der Waals surface area (Å²) in [5, 5.41) is 12.8. The Morgan fingerprint density at radius 3 is 2.56 bits per heavy atom. The number of hydrogen-bond acceptors (Lipinski definition) is 6. The Labute approximate surface area is 156 Å². The van der Waals surface area contributed by atoms with Gasteiger partial charge in [-0.1, -0.05) is 6.07 Å². The molecule has 1 heterocycles. The van der Waals surface area contributed by atoms with E-state index in [-0.39, 0.29) is 15.5 Å². The summed E-state index contributed by atoms with van der Waals surface area (Å²) in [6.45, 7) is 0.292. The predicted octanol–water partition coefficient (Wildman–Crippen LogP) is 2.79. The maximum Gasteiger partial charge on any atom is 0.426 e. The molecule has 2 rings (SSSR count). The van der Waals surface area contributed by atoms with E-state index in [4.69, 9.17) is 0 Å². The molecule has 0 unspecified atom stereocenters. The second kappa shape index (κ2) is 7.41. The largest absolute Gasteiger partial charge is 0.426 e. The van der Waals surface area contributed by atoms with Gasteiger partial charge in [-0.3, -0.25) is 9.59 Å². The molecule has 2 aromatic rings. The highest BCUT2D eigenvalue weighted by molar-refractivity contribution is 7.90. The van der Waals surface area contributed by atoms with Crippen LogP contribution in [0.4, 0.5) is 18.9 Å². The minimum Gasteiger partial charge on any atom is -0.373 e. The van der Waals surface area contributed by atoms with E-state index < -0.39 is 33.3 Å². The molecule has 1 aromatic carbocycles. The molecule has 0 aliphatic rings. The number of carbonyl (C=O) groups excluding carboxylic acids is 2. The van der Waals surface area contributed by atoms with E-state index in [0.29, 0.717) is 18.8 Å². The molecule has 27 heavy (non-hydrogen) atoms. The third-order valence-electron chi connectivity index (χ3n) is 3.68. The van der Waals surface area contributed by atoms with Gasteiger partial charge >= 0.3 is 6.18 Å². The average Bonchev–Trinajstić information content (AvgIpc) is 3.00. The van der Waals surface area contributed by atoms with Crippen LogP contribution in [0.15, 0.2) is 40.6 Å². The van der Waals surface area contributed by atoms with Crippen molar-refractivity contribution in [2.24, 2.45) is 0 Å². The number of halogens is 3. The number of amides is 1. The van der Waals surface area contributed by atoms with Crippen molar-refractivity contribution in [1.82, 2.24) is 0 Å². The van der Waals surface area contributed by atoms with Crippen LogP contribution in [0.5, 0.6) is 0 Å². The Kier molecular flexibility index (Phi) is 5.78. The summed E-state index contributed by atoms with van der Waals surface area (Å²) in [6, 6.07) is 6.09. The van der Waals surface area contributed by atoms with Gasteiger partial charge in [0.15, 0.2) is 16.1 Å². The molecular formula is C16H14F3NO5S2. The zero-order valence-electron chi connectivity index (χ0n) is 13.8. The molecule has 0 aliphatic carbocycles. The van der Waals surface area contributed by atoms with E-state index in [9.17, 15) is 36.3 Å². The summed E-state index contributed by atoms with van der Waals surface area (Å²) < 4.78 is 63.1. The molecule has 0 aliphatic heterocycles. The summed E-state index contributed by atoms with van der Waals surface area (Å²) in [7, 11) is -3.93. The van der Waals surface area contributed by atoms with E-state index in [1.165, 1.54) is 24.3 Å². The molecule has 0 bridgehead atoms. The Morgan fingerprint density at radius 1 is 1.30 bits per heavy atom. The van der Waals surface area contributed by atoms with Crippen molar-refractivity contribution in [3.8, 4) is 0 Å². The van der Waals surface area contributed by atoms with E-state index >= 15 is 0 Å². The van der Waals surface area contributed by atoms with Crippen LogP contribution in [0, 0.1) is 0 Å². The molecule has 0 fully saturated rings. The molecule has 0 saturated carbocycles. The predicted molar refractivity (Wildman–Crippen MR) is 92.3 cm³/mol. The van der Waals surface area contributed by atoms with Gasteiger partial charge in [-0.05, 0) is 42.1 Å². The molecule has 1 aromatic heterocycles. The van der Waals surface area contributed by atoms with Crippen LogP contribution in [0.2, 0.25) is 0 Å². The Hall–Kier alpha value is -2.24. The molecule has 1 amide bonds. The molecule has 2 N–H and O–H groups in total. The zero-order chi connectivity index (χ0) is 20.5. The van der Waals surface area contributed by atoms with Gasteiger partial charge < -0.3 is 10.4 Å². The number of benzene rings is 1. The quantitative estimate of drug-likeness (QED) is 0.699. The second-order valence-electron chi connectivity index (χ2n) is 5.74. The summed E-state index contributed by atoms with van der Waals surface area (Å²) in [4.78, 5) is 22.6. The number of rotatable bonds is 6. The van der Waals surface area contributed by atoms with Gasteiger partial charge in [-0.15, -0.1) is 11.3 Å². The van der Waals surface area contributed by atoms with Crippen LogP contribution in [-0.4, -0.2) is 37.5 Å². The molecule has 146 valence electrons. The van der Waals surface area contributed by atoms with Crippen molar-refractivity contribution < 1.29 is 36.3 Å². The number of aldehydes is 1. The molecular weight excluding hydrogens is 407 g/mol. The molecule has 1 atom stereocenters. The van der Waals surface area contributed by atoms with Gasteiger partial charge in [0.05, 0.1) is 15.5 Å². The van der Waals surface area contributed by atoms with Gasteiger partial charge in [-0.2, -0.15) is 13.2 Å². The topological polar surface area (TPSA) is 101 Å². The summed E-state index contributed by atoms with van der Waals surface area (Å²) in [5.41, 5.74) is -3.58. The Balaban J connectivity index is 2.27. The molecule has 11 heteroatoms. The minimum absolute atomic E-state index is 0.230. The summed E-state index contributed by atoms with van der Waals surface area (Å²) in [5.74, 6) is -2.23. The zero-order valence-corrected chi connectivity index (χ0v) is 15.4. The lowest BCUT2D eigenvalue weighted by Gasteiger charge is -2.24. The molecule has 0 spiro atoms. The Bertz CT molecular complexity index is 964. The standard InChI is InChI=1S/C16H14F3NO5S2/c1-15(23,16(17,18)19)14(22)20-11-3-2-4-12(7-11)27(24,25)9-10-5-6-26-13(10)8-21/h2-8,23H,9H2,1H3,(H,20,22)/t15-/m0/s1. The third kappa shape index (κ3) is 4.54. The average molecular weight is 421 g/mol. The van der Waals surface area contributed by atoms with Gasteiger partial charge in [-0.25, -0.2) is 8.42 Å². The van der Waals surface area contributed by atoms with Gasteiger partial charge in [0, 0.05) is 5.69 Å². The van der Waals surface area contributed by atoms with Gasteiger partial charge in [0.2, 0.25) is 5.60 Å². The number of sulfone groups is 1. The Morgan fingerprint density at radius 2 is 1.96 bits per heavy atom. The summed E-state index contributed by atoms with van der Waals surface area (Å²) >= 11 is 1.08. The van der Waals surface area contributed by atoms with Crippen molar-refractivity contribution in [1.29, 1.82) is 0 Å². The number of hydrogen-bond donors (Lipinski definition) is 2. The van der Waals surface area contributed by atoms with Crippen molar-refractivity contribution >= 4 is 39.1 Å². The number of aliphatic hydroxyl groups is 1. The van der Waals surface area contributed by atoms with Crippen LogP contribution < -0.4 is 5.32 Å². The van der Waals surface area contributed by atoms with Crippen LogP contribution in [0.25, 0.3) is 0 Å². The molecule has 6 nitrogen and oxygen atoms in total. The molecule has 0 radical (unpaired) electrons. The van der Waals surface area contributed by atoms with Crippen molar-refractivity contribution in [3.05, 3.63) is 46.2 Å². The number of anilines is 1. The van der Waals surface area contributed by atoms with E-state index in [1.54, 1.807) is 5.38 Å². The normalized spacial score (nSPS) is 14.4. The summed E-state index contributed by atoms with van der Waals surface area (Å²) in [6.07, 6.45) is -4.67. The maximum absolute atomic E-state index is 12.7. The third-order valence-corrected chi connectivity index (χ3v) is 6.23. The minimum atomic E-state index is -5.20. The van der Waals surface area contributed by atoms with E-state index in [2.05, 4.69) is 0 Å². The fraction of sp³-hybridized carbons (Fsp3) is 0.250. The van der Waals surface area contributed by atoms with E-state index in [1.807, 2.05) is 5.32 Å². The highest BCUT2D eigenvalue weighted by Crippen LogP contribution is 2.31. The van der Waals surface area contributed by atoms with Crippen molar-refractivity contribution in [2.75, 3.05) is 5.32 Å². The number of alkyl halides is 3. The maximum atomic E-state index is 12.7. The van der Waals surface area contributed by atoms with Gasteiger partial charge in [0.1, 0.15) is 0 Å². The first-order valence-electron chi connectivity index (χ1n) is 7.33. The number of carbonyl (C=O) groups is 2. The molecule has 0 saturated heterocycles. The first-order valence-corrected chi connectivity index (χ1v) is 9.86. The van der Waals surface area contributed by atoms with Crippen LogP contribution in [0.3, 0.4) is 0 Å². The highest BCUT2D eigenvalue weighted by atomic mass is 32.2. The van der Waals surface area contributed by atoms with Crippen molar-refractivity contribution in [2.45, 2.75) is 29.3 Å². The lowest BCUT2D eigenvalue weighted by atomic mass is 10.1. The van der Waals surface area contributed by atoms with Crippen LogP contribution >= 0.6 is 11.3 Å². The van der Waals surface area contributed by atoms with Crippen LogP contribution in [-0.2, 0) is 20.4 Å². The fourth-order valence-electron chi connectivity index (χ4n) is 2.01. The van der Waals surface area contributed by atoms with Crippen LogP contribution in [0.1, 0.15) is 22.2 Å². The lowest BCUT2D eigenvalue weighted by molar-refractivity contribution is -0.242.